The van der Waals surface area contributed by atoms with Crippen molar-refractivity contribution in [3.8, 4) is 0 Å². The summed E-state index contributed by atoms with van der Waals surface area (Å²) in [6.45, 7) is 2.37. The van der Waals surface area contributed by atoms with Crippen molar-refractivity contribution in [2.75, 3.05) is 42.2 Å². The summed E-state index contributed by atoms with van der Waals surface area (Å²) in [7, 11) is -3.35. The van der Waals surface area contributed by atoms with E-state index in [1.807, 2.05) is 4.90 Å². The Morgan fingerprint density at radius 1 is 1.00 bits per heavy atom. The maximum atomic E-state index is 11.9. The first-order valence-corrected chi connectivity index (χ1v) is 10.9. The molecule has 0 radical (unpaired) electrons. The maximum Gasteiger partial charge on any atom is 0.292 e. The van der Waals surface area contributed by atoms with Crippen molar-refractivity contribution >= 4 is 37.9 Å². The van der Waals surface area contributed by atoms with Crippen molar-refractivity contribution in [1.82, 2.24) is 9.97 Å². The highest BCUT2D eigenvalue weighted by Gasteiger charge is 2.25. The number of sulfone groups is 1. The highest BCUT2D eigenvalue weighted by atomic mass is 32.2. The van der Waals surface area contributed by atoms with Crippen LogP contribution in [0, 0.1) is 10.1 Å². The normalized spacial score (nSPS) is 14.9. The Balaban J connectivity index is 1.62. The Hall–Kier alpha value is -3.27. The number of anilines is 2. The number of benzene rings is 2. The van der Waals surface area contributed by atoms with Gasteiger partial charge in [-0.15, -0.1) is 0 Å². The van der Waals surface area contributed by atoms with Crippen LogP contribution in [-0.2, 0) is 9.84 Å². The van der Waals surface area contributed by atoms with Crippen LogP contribution in [0.4, 0.5) is 17.2 Å². The molecule has 0 unspecified atom stereocenters. The molecule has 1 fully saturated rings. The molecule has 0 spiro atoms. The van der Waals surface area contributed by atoms with Crippen molar-refractivity contribution in [3.63, 3.8) is 0 Å². The van der Waals surface area contributed by atoms with E-state index in [2.05, 4.69) is 14.9 Å². The smallest absolute Gasteiger partial charge is 0.292 e. The molecule has 0 N–H and O–H groups in total. The van der Waals surface area contributed by atoms with Gasteiger partial charge in [0.25, 0.3) is 5.69 Å². The third kappa shape index (κ3) is 3.70. The standard InChI is InChI=1S/C19H19N5O4S/c1-29(27,28)14-6-7-16-15(12-14)19(21-13-20-16)23-10-8-22(9-11-23)17-4-2-3-5-18(17)24(25)26/h2-7,12-13H,8-11H2,1H3. The lowest BCUT2D eigenvalue weighted by Gasteiger charge is -2.36. The third-order valence-electron chi connectivity index (χ3n) is 5.01. The van der Waals surface area contributed by atoms with Crippen LogP contribution in [0.25, 0.3) is 10.9 Å². The van der Waals surface area contributed by atoms with E-state index in [1.165, 1.54) is 18.6 Å². The molecular formula is C19H19N5O4S. The molecule has 2 heterocycles. The molecule has 3 aromatic rings. The van der Waals surface area contributed by atoms with Crippen molar-refractivity contribution in [2.45, 2.75) is 4.90 Å². The molecule has 2 aromatic carbocycles. The SMILES string of the molecule is CS(=O)(=O)c1ccc2ncnc(N3CCN(c4ccccc4[N+](=O)[O-])CC3)c2c1. The second-order valence-electron chi connectivity index (χ2n) is 6.87. The number of aromatic nitrogens is 2. The summed E-state index contributed by atoms with van der Waals surface area (Å²) in [5.41, 5.74) is 1.36. The zero-order valence-corrected chi connectivity index (χ0v) is 16.5. The first-order chi connectivity index (χ1) is 13.8. The maximum absolute atomic E-state index is 11.9. The van der Waals surface area contributed by atoms with Crippen molar-refractivity contribution in [2.24, 2.45) is 0 Å². The van der Waals surface area contributed by atoms with E-state index < -0.39 is 9.84 Å². The number of nitro benzene ring substituents is 1. The predicted octanol–water partition coefficient (Wildman–Crippen LogP) is 2.27. The van der Waals surface area contributed by atoms with Crippen molar-refractivity contribution < 1.29 is 13.3 Å². The quantitative estimate of drug-likeness (QED) is 0.473. The van der Waals surface area contributed by atoms with Gasteiger partial charge in [-0.25, -0.2) is 18.4 Å². The topological polar surface area (TPSA) is 110 Å². The lowest BCUT2D eigenvalue weighted by Crippen LogP contribution is -2.47. The fraction of sp³-hybridized carbons (Fsp3) is 0.263. The molecule has 4 rings (SSSR count). The summed E-state index contributed by atoms with van der Waals surface area (Å²) >= 11 is 0. The fourth-order valence-electron chi connectivity index (χ4n) is 3.55. The lowest BCUT2D eigenvalue weighted by atomic mass is 10.2. The molecule has 1 aliphatic heterocycles. The van der Waals surface area contributed by atoms with Crippen LogP contribution in [0.3, 0.4) is 0 Å². The van der Waals surface area contributed by atoms with Crippen molar-refractivity contribution in [3.05, 3.63) is 58.9 Å². The number of rotatable bonds is 4. The van der Waals surface area contributed by atoms with Crippen molar-refractivity contribution in [1.29, 1.82) is 0 Å². The van der Waals surface area contributed by atoms with Gasteiger partial charge in [-0.3, -0.25) is 10.1 Å². The molecule has 1 saturated heterocycles. The number of para-hydroxylation sites is 2. The molecule has 0 aliphatic carbocycles. The van der Waals surface area contributed by atoms with E-state index in [9.17, 15) is 18.5 Å². The first kappa shape index (κ1) is 19.1. The van der Waals surface area contributed by atoms with Gasteiger partial charge in [-0.05, 0) is 24.3 Å². The van der Waals surface area contributed by atoms with Gasteiger partial charge in [-0.2, -0.15) is 0 Å². The number of piperazine rings is 1. The number of hydrogen-bond donors (Lipinski definition) is 0. The van der Waals surface area contributed by atoms with Gasteiger partial charge in [0.2, 0.25) is 0 Å². The summed E-state index contributed by atoms with van der Waals surface area (Å²) < 4.78 is 23.9. The Kier molecular flexibility index (Phi) is 4.79. The van der Waals surface area contributed by atoms with Gasteiger partial charge < -0.3 is 9.80 Å². The Morgan fingerprint density at radius 3 is 2.38 bits per heavy atom. The number of fused-ring (bicyclic) bond motifs is 1. The minimum absolute atomic E-state index is 0.0891. The second-order valence-corrected chi connectivity index (χ2v) is 8.88. The van der Waals surface area contributed by atoms with Gasteiger partial charge in [-0.1, -0.05) is 12.1 Å². The molecule has 0 bridgehead atoms. The Morgan fingerprint density at radius 2 is 1.69 bits per heavy atom. The molecule has 10 heteroatoms. The molecule has 29 heavy (non-hydrogen) atoms. The van der Waals surface area contributed by atoms with Crippen LogP contribution in [0.15, 0.2) is 53.7 Å². The summed E-state index contributed by atoms with van der Waals surface area (Å²) in [4.78, 5) is 23.8. The minimum Gasteiger partial charge on any atom is -0.362 e. The summed E-state index contributed by atoms with van der Waals surface area (Å²) in [5, 5.41) is 12.0. The zero-order valence-electron chi connectivity index (χ0n) is 15.7. The molecule has 0 atom stereocenters. The van der Waals surface area contributed by atoms with E-state index in [0.717, 1.165) is 0 Å². The first-order valence-electron chi connectivity index (χ1n) is 9.03. The molecule has 0 amide bonds. The van der Waals surface area contributed by atoms with Gasteiger partial charge in [0.1, 0.15) is 17.8 Å². The number of nitro groups is 1. The fourth-order valence-corrected chi connectivity index (χ4v) is 4.20. The second kappa shape index (κ2) is 7.28. The summed E-state index contributed by atoms with van der Waals surface area (Å²) in [5.74, 6) is 0.669. The summed E-state index contributed by atoms with van der Waals surface area (Å²) in [6.07, 6.45) is 2.63. The lowest BCUT2D eigenvalue weighted by molar-refractivity contribution is -0.384. The van der Waals surface area contributed by atoms with E-state index in [1.54, 1.807) is 36.4 Å². The molecular weight excluding hydrogens is 394 g/mol. The molecule has 9 nitrogen and oxygen atoms in total. The number of hydrogen-bond acceptors (Lipinski definition) is 8. The minimum atomic E-state index is -3.35. The van der Waals surface area contributed by atoms with E-state index in [4.69, 9.17) is 0 Å². The van der Waals surface area contributed by atoms with Crippen LogP contribution >= 0.6 is 0 Å². The average Bonchev–Trinajstić information content (AvgIpc) is 2.72. The molecule has 150 valence electrons. The summed E-state index contributed by atoms with van der Waals surface area (Å²) in [6, 6.07) is 11.5. The molecule has 1 aromatic heterocycles. The highest BCUT2D eigenvalue weighted by Crippen LogP contribution is 2.30. The van der Waals surface area contributed by atoms with Crippen LogP contribution in [0.2, 0.25) is 0 Å². The van der Waals surface area contributed by atoms with E-state index in [0.29, 0.717) is 48.6 Å². The zero-order chi connectivity index (χ0) is 20.6. The van der Waals surface area contributed by atoms with Gasteiger partial charge in [0.05, 0.1) is 15.3 Å². The van der Waals surface area contributed by atoms with Gasteiger partial charge in [0, 0.05) is 43.9 Å². The monoisotopic (exact) mass is 413 g/mol. The Labute approximate surface area is 167 Å². The van der Waals surface area contributed by atoms with Gasteiger partial charge in [0.15, 0.2) is 9.84 Å². The predicted molar refractivity (Wildman–Crippen MR) is 110 cm³/mol. The molecule has 1 aliphatic rings. The average molecular weight is 413 g/mol. The van der Waals surface area contributed by atoms with Crippen LogP contribution in [0.5, 0.6) is 0 Å². The van der Waals surface area contributed by atoms with Gasteiger partial charge >= 0.3 is 0 Å². The Bertz CT molecular complexity index is 1190. The largest absolute Gasteiger partial charge is 0.362 e. The molecule has 0 saturated carbocycles. The van der Waals surface area contributed by atoms with E-state index in [-0.39, 0.29) is 15.5 Å². The van der Waals surface area contributed by atoms with Crippen LogP contribution in [-0.4, -0.2) is 55.7 Å². The van der Waals surface area contributed by atoms with E-state index >= 15 is 0 Å². The third-order valence-corrected chi connectivity index (χ3v) is 6.12. The number of nitrogens with zero attached hydrogens (tertiary/aromatic N) is 5. The highest BCUT2D eigenvalue weighted by molar-refractivity contribution is 7.90. The van der Waals surface area contributed by atoms with Crippen LogP contribution in [0.1, 0.15) is 0 Å². The van der Waals surface area contributed by atoms with Crippen LogP contribution < -0.4 is 9.80 Å².